The van der Waals surface area contributed by atoms with Crippen LogP contribution in [0.3, 0.4) is 0 Å². The van der Waals surface area contributed by atoms with Crippen LogP contribution < -0.4 is 5.32 Å². The normalized spacial score (nSPS) is 18.3. The van der Waals surface area contributed by atoms with Crippen molar-refractivity contribution in [2.75, 3.05) is 19.3 Å². The molecule has 1 aliphatic rings. The van der Waals surface area contributed by atoms with E-state index in [9.17, 15) is 4.21 Å². The third-order valence-corrected chi connectivity index (χ3v) is 4.28. The van der Waals surface area contributed by atoms with E-state index in [1.807, 2.05) is 0 Å². The summed E-state index contributed by atoms with van der Waals surface area (Å²) in [6.07, 6.45) is 5.09. The van der Waals surface area contributed by atoms with E-state index < -0.39 is 10.8 Å². The van der Waals surface area contributed by atoms with Gasteiger partial charge in [0, 0.05) is 12.2 Å². The minimum absolute atomic E-state index is 0.208. The number of hydrogen-bond donors (Lipinski definition) is 1. The van der Waals surface area contributed by atoms with Gasteiger partial charge in [-0.3, -0.25) is 4.21 Å². The maximum Gasteiger partial charge on any atom is 0.223 e. The van der Waals surface area contributed by atoms with Crippen molar-refractivity contribution < 1.29 is 4.21 Å². The van der Waals surface area contributed by atoms with Gasteiger partial charge in [-0.05, 0) is 37.5 Å². The van der Waals surface area contributed by atoms with Crippen LogP contribution in [0.5, 0.6) is 0 Å². The van der Waals surface area contributed by atoms with Gasteiger partial charge < -0.3 is 5.32 Å². The first-order valence-electron chi connectivity index (χ1n) is 6.39. The molecule has 1 unspecified atom stereocenters. The molecule has 6 nitrogen and oxygen atoms in total. The van der Waals surface area contributed by atoms with Gasteiger partial charge in [0.2, 0.25) is 10.4 Å². The van der Waals surface area contributed by atoms with Crippen LogP contribution in [-0.4, -0.2) is 43.5 Å². The molecule has 1 atom stereocenters. The first-order valence-corrected chi connectivity index (χ1v) is 8.33. The third-order valence-electron chi connectivity index (χ3n) is 3.40. The maximum atomic E-state index is 11.6. The van der Waals surface area contributed by atoms with Gasteiger partial charge in [0.15, 0.2) is 0 Å². The SMILES string of the molecule is CS(=O)c1ncc2nc(Cl)nc(C3CCNCC3)c2n1. The van der Waals surface area contributed by atoms with Gasteiger partial charge >= 0.3 is 0 Å². The van der Waals surface area contributed by atoms with E-state index >= 15 is 0 Å². The molecule has 3 rings (SSSR count). The summed E-state index contributed by atoms with van der Waals surface area (Å²) in [5, 5.41) is 3.83. The molecule has 0 aliphatic carbocycles. The lowest BCUT2D eigenvalue weighted by Gasteiger charge is -2.22. The van der Waals surface area contributed by atoms with Crippen LogP contribution in [0.1, 0.15) is 24.5 Å². The fraction of sp³-hybridized carbons (Fsp3) is 0.500. The Kier molecular flexibility index (Phi) is 3.91. The van der Waals surface area contributed by atoms with Crippen LogP contribution in [-0.2, 0) is 10.8 Å². The second kappa shape index (κ2) is 5.67. The van der Waals surface area contributed by atoms with Crippen molar-refractivity contribution in [1.29, 1.82) is 0 Å². The maximum absolute atomic E-state index is 11.6. The summed E-state index contributed by atoms with van der Waals surface area (Å²) in [5.74, 6) is 0.298. The zero-order chi connectivity index (χ0) is 14.1. The van der Waals surface area contributed by atoms with Gasteiger partial charge in [-0.15, -0.1) is 0 Å². The molecule has 0 saturated carbocycles. The molecule has 0 radical (unpaired) electrons. The number of nitrogens with one attached hydrogen (secondary N) is 1. The van der Waals surface area contributed by atoms with Gasteiger partial charge in [-0.25, -0.2) is 19.9 Å². The average Bonchev–Trinajstić information content (AvgIpc) is 2.46. The van der Waals surface area contributed by atoms with E-state index in [2.05, 4.69) is 25.3 Å². The molecule has 2 aromatic rings. The fourth-order valence-electron chi connectivity index (χ4n) is 2.42. The lowest BCUT2D eigenvalue weighted by Crippen LogP contribution is -2.27. The highest BCUT2D eigenvalue weighted by Gasteiger charge is 2.22. The van der Waals surface area contributed by atoms with Crippen LogP contribution in [0, 0.1) is 0 Å². The molecule has 1 N–H and O–H groups in total. The molecule has 2 aromatic heterocycles. The quantitative estimate of drug-likeness (QED) is 0.841. The Bertz CT molecular complexity index is 674. The second-order valence-corrected chi connectivity index (χ2v) is 6.35. The van der Waals surface area contributed by atoms with Crippen molar-refractivity contribution in [3.05, 3.63) is 17.2 Å². The van der Waals surface area contributed by atoms with Crippen LogP contribution >= 0.6 is 11.6 Å². The van der Waals surface area contributed by atoms with E-state index in [0.29, 0.717) is 22.1 Å². The van der Waals surface area contributed by atoms with Gasteiger partial charge in [-0.2, -0.15) is 0 Å². The van der Waals surface area contributed by atoms with Crippen LogP contribution in [0.2, 0.25) is 5.28 Å². The summed E-state index contributed by atoms with van der Waals surface area (Å²) < 4.78 is 11.6. The van der Waals surface area contributed by atoms with Gasteiger partial charge in [0.25, 0.3) is 0 Å². The number of piperidine rings is 1. The van der Waals surface area contributed by atoms with Crippen molar-refractivity contribution in [2.24, 2.45) is 0 Å². The topological polar surface area (TPSA) is 80.7 Å². The third kappa shape index (κ3) is 2.65. The number of hydrogen-bond acceptors (Lipinski definition) is 6. The predicted octanol–water partition coefficient (Wildman–Crippen LogP) is 1.28. The number of halogens is 1. The van der Waals surface area contributed by atoms with Gasteiger partial charge in [0.05, 0.1) is 22.7 Å². The Labute approximate surface area is 123 Å². The van der Waals surface area contributed by atoms with E-state index in [-0.39, 0.29) is 5.28 Å². The minimum Gasteiger partial charge on any atom is -0.317 e. The highest BCUT2D eigenvalue weighted by molar-refractivity contribution is 7.84. The minimum atomic E-state index is -1.23. The highest BCUT2D eigenvalue weighted by atomic mass is 35.5. The predicted molar refractivity (Wildman–Crippen MR) is 77.3 cm³/mol. The molecular weight excluding hydrogens is 298 g/mol. The summed E-state index contributed by atoms with van der Waals surface area (Å²) >= 11 is 5.99. The number of aromatic nitrogens is 4. The van der Waals surface area contributed by atoms with Crippen molar-refractivity contribution >= 4 is 33.4 Å². The molecule has 1 fully saturated rings. The van der Waals surface area contributed by atoms with E-state index in [1.54, 1.807) is 12.5 Å². The first-order chi connectivity index (χ1) is 9.65. The highest BCUT2D eigenvalue weighted by Crippen LogP contribution is 2.29. The Balaban J connectivity index is 2.16. The number of fused-ring (bicyclic) bond motifs is 1. The average molecular weight is 312 g/mol. The molecule has 0 bridgehead atoms. The van der Waals surface area contributed by atoms with E-state index in [0.717, 1.165) is 31.6 Å². The smallest absolute Gasteiger partial charge is 0.223 e. The molecule has 8 heteroatoms. The van der Waals surface area contributed by atoms with Gasteiger partial charge in [-0.1, -0.05) is 0 Å². The van der Waals surface area contributed by atoms with Crippen LogP contribution in [0.15, 0.2) is 11.4 Å². The standard InChI is InChI=1S/C12H14ClN5OS/c1-20(19)12-15-6-8-10(18-12)9(17-11(13)16-8)7-2-4-14-5-3-7/h6-7,14H,2-5H2,1H3. The Hall–Kier alpha value is -1.18. The summed E-state index contributed by atoms with van der Waals surface area (Å²) in [6.45, 7) is 1.90. The molecule has 0 aromatic carbocycles. The van der Waals surface area contributed by atoms with Crippen molar-refractivity contribution in [1.82, 2.24) is 25.3 Å². The van der Waals surface area contributed by atoms with Crippen LogP contribution in [0.4, 0.5) is 0 Å². The molecule has 1 saturated heterocycles. The van der Waals surface area contributed by atoms with Crippen molar-refractivity contribution in [3.63, 3.8) is 0 Å². The summed E-state index contributed by atoms with van der Waals surface area (Å²) in [4.78, 5) is 16.9. The van der Waals surface area contributed by atoms with Gasteiger partial charge in [0.1, 0.15) is 11.0 Å². The largest absolute Gasteiger partial charge is 0.317 e. The fourth-order valence-corrected chi connectivity index (χ4v) is 3.03. The number of nitrogens with zero attached hydrogens (tertiary/aromatic N) is 4. The molecular formula is C12H14ClN5OS. The lowest BCUT2D eigenvalue weighted by atomic mass is 9.93. The number of rotatable bonds is 2. The molecule has 106 valence electrons. The Morgan fingerprint density at radius 2 is 2.05 bits per heavy atom. The zero-order valence-corrected chi connectivity index (χ0v) is 12.5. The monoisotopic (exact) mass is 311 g/mol. The molecule has 1 aliphatic heterocycles. The molecule has 20 heavy (non-hydrogen) atoms. The molecule has 0 spiro atoms. The lowest BCUT2D eigenvalue weighted by molar-refractivity contribution is 0.454. The second-order valence-electron chi connectivity index (χ2n) is 4.74. The molecule has 3 heterocycles. The first kappa shape index (κ1) is 13.8. The van der Waals surface area contributed by atoms with Crippen LogP contribution in [0.25, 0.3) is 11.0 Å². The van der Waals surface area contributed by atoms with Crippen molar-refractivity contribution in [2.45, 2.75) is 23.9 Å². The van der Waals surface area contributed by atoms with Crippen molar-refractivity contribution in [3.8, 4) is 0 Å². The Morgan fingerprint density at radius 1 is 1.30 bits per heavy atom. The molecule has 0 amide bonds. The summed E-state index contributed by atoms with van der Waals surface area (Å²) in [5.41, 5.74) is 2.12. The van der Waals surface area contributed by atoms with E-state index in [4.69, 9.17) is 11.6 Å². The van der Waals surface area contributed by atoms with E-state index in [1.165, 1.54) is 0 Å². The summed E-state index contributed by atoms with van der Waals surface area (Å²) in [6, 6.07) is 0. The Morgan fingerprint density at radius 3 is 2.75 bits per heavy atom. The summed E-state index contributed by atoms with van der Waals surface area (Å²) in [7, 11) is -1.23. The zero-order valence-electron chi connectivity index (χ0n) is 11.0.